The fourth-order valence-electron chi connectivity index (χ4n) is 2.58. The van der Waals surface area contributed by atoms with Crippen molar-refractivity contribution in [2.75, 3.05) is 13.7 Å². The smallest absolute Gasteiger partial charge is 0.260 e. The standard InChI is InChI=1S/C18H25NO3/c1-5-6-14-7-10-16(17(11-14)21-4)22-12-18(20)19(13(2)3)15-8-9-15/h5-7,10-11,13,15H,8-9,12H2,1-4H3/b6-5+. The number of methoxy groups -OCH3 is 1. The van der Waals surface area contributed by atoms with E-state index in [9.17, 15) is 4.79 Å². The lowest BCUT2D eigenvalue weighted by molar-refractivity contribution is -0.135. The maximum atomic E-state index is 12.4. The summed E-state index contributed by atoms with van der Waals surface area (Å²) in [6.45, 7) is 6.10. The van der Waals surface area contributed by atoms with Crippen LogP contribution in [0.3, 0.4) is 0 Å². The van der Waals surface area contributed by atoms with Crippen LogP contribution in [0.5, 0.6) is 11.5 Å². The minimum Gasteiger partial charge on any atom is -0.493 e. The molecule has 1 aliphatic rings. The number of benzene rings is 1. The van der Waals surface area contributed by atoms with Crippen LogP contribution in [-0.4, -0.2) is 36.6 Å². The van der Waals surface area contributed by atoms with Crippen molar-refractivity contribution < 1.29 is 14.3 Å². The van der Waals surface area contributed by atoms with E-state index in [1.165, 1.54) is 0 Å². The fourth-order valence-corrected chi connectivity index (χ4v) is 2.58. The van der Waals surface area contributed by atoms with Gasteiger partial charge in [0, 0.05) is 12.1 Å². The van der Waals surface area contributed by atoms with E-state index in [4.69, 9.17) is 9.47 Å². The molecule has 4 nitrogen and oxygen atoms in total. The predicted molar refractivity (Wildman–Crippen MR) is 88.2 cm³/mol. The van der Waals surface area contributed by atoms with Crippen LogP contribution in [0.25, 0.3) is 6.08 Å². The van der Waals surface area contributed by atoms with Crippen LogP contribution in [0.2, 0.25) is 0 Å². The Kier molecular flexibility index (Phi) is 5.47. The third-order valence-corrected chi connectivity index (χ3v) is 3.68. The number of amides is 1. The third kappa shape index (κ3) is 4.03. The van der Waals surface area contributed by atoms with Crippen molar-refractivity contribution in [2.45, 2.75) is 45.7 Å². The number of allylic oxidation sites excluding steroid dienone is 1. The number of hydrogen-bond acceptors (Lipinski definition) is 3. The van der Waals surface area contributed by atoms with Crippen LogP contribution < -0.4 is 9.47 Å². The SMILES string of the molecule is C/C=C/c1ccc(OCC(=O)N(C(C)C)C2CC2)c(OC)c1. The van der Waals surface area contributed by atoms with Crippen molar-refractivity contribution in [1.82, 2.24) is 4.90 Å². The van der Waals surface area contributed by atoms with Gasteiger partial charge in [-0.25, -0.2) is 0 Å². The third-order valence-electron chi connectivity index (χ3n) is 3.68. The number of ether oxygens (including phenoxy) is 2. The molecule has 0 N–H and O–H groups in total. The molecule has 22 heavy (non-hydrogen) atoms. The second kappa shape index (κ2) is 7.34. The summed E-state index contributed by atoms with van der Waals surface area (Å²) in [5.41, 5.74) is 1.04. The molecule has 4 heteroatoms. The second-order valence-electron chi connectivity index (χ2n) is 5.82. The molecule has 0 unspecified atom stereocenters. The Morgan fingerprint density at radius 3 is 2.64 bits per heavy atom. The van der Waals surface area contributed by atoms with E-state index in [2.05, 4.69) is 0 Å². The molecule has 1 aliphatic carbocycles. The van der Waals surface area contributed by atoms with Gasteiger partial charge in [-0.15, -0.1) is 0 Å². The van der Waals surface area contributed by atoms with Crippen molar-refractivity contribution in [1.29, 1.82) is 0 Å². The summed E-state index contributed by atoms with van der Waals surface area (Å²) in [4.78, 5) is 14.3. The van der Waals surface area contributed by atoms with Gasteiger partial charge in [0.2, 0.25) is 0 Å². The Morgan fingerprint density at radius 1 is 1.36 bits per heavy atom. The molecule has 0 radical (unpaired) electrons. The van der Waals surface area contributed by atoms with Crippen LogP contribution in [0.15, 0.2) is 24.3 Å². The summed E-state index contributed by atoms with van der Waals surface area (Å²) in [5.74, 6) is 1.28. The molecule has 0 saturated heterocycles. The monoisotopic (exact) mass is 303 g/mol. The molecule has 1 aromatic rings. The Hall–Kier alpha value is -1.97. The molecule has 120 valence electrons. The number of rotatable bonds is 7. The zero-order chi connectivity index (χ0) is 16.1. The molecule has 0 atom stereocenters. The zero-order valence-corrected chi connectivity index (χ0v) is 13.8. The van der Waals surface area contributed by atoms with Gasteiger partial charge in [-0.3, -0.25) is 4.79 Å². The van der Waals surface area contributed by atoms with Gasteiger partial charge >= 0.3 is 0 Å². The maximum Gasteiger partial charge on any atom is 0.260 e. The predicted octanol–water partition coefficient (Wildman–Crippen LogP) is 3.51. The second-order valence-corrected chi connectivity index (χ2v) is 5.82. The lowest BCUT2D eigenvalue weighted by Gasteiger charge is -2.26. The molecule has 1 saturated carbocycles. The van der Waals surface area contributed by atoms with Gasteiger partial charge in [0.1, 0.15) is 0 Å². The van der Waals surface area contributed by atoms with Crippen LogP contribution in [0.4, 0.5) is 0 Å². The molecule has 0 heterocycles. The average Bonchev–Trinajstić information content (AvgIpc) is 3.30. The Balaban J connectivity index is 2.02. The van der Waals surface area contributed by atoms with E-state index in [-0.39, 0.29) is 18.6 Å². The average molecular weight is 303 g/mol. The molecule has 0 spiro atoms. The first kappa shape index (κ1) is 16.4. The molecule has 0 bridgehead atoms. The van der Waals surface area contributed by atoms with Crippen molar-refractivity contribution in [3.8, 4) is 11.5 Å². The molecular weight excluding hydrogens is 278 g/mol. The van der Waals surface area contributed by atoms with Gasteiger partial charge in [-0.05, 0) is 51.3 Å². The number of carbonyl (C=O) groups is 1. The van der Waals surface area contributed by atoms with Crippen molar-refractivity contribution in [3.63, 3.8) is 0 Å². The van der Waals surface area contributed by atoms with Crippen LogP contribution in [0.1, 0.15) is 39.2 Å². The Labute approximate surface area is 132 Å². The zero-order valence-electron chi connectivity index (χ0n) is 13.8. The lowest BCUT2D eigenvalue weighted by atomic mass is 10.2. The van der Waals surface area contributed by atoms with E-state index in [0.717, 1.165) is 18.4 Å². The van der Waals surface area contributed by atoms with Gasteiger partial charge in [-0.1, -0.05) is 18.2 Å². The molecule has 2 rings (SSSR count). The van der Waals surface area contributed by atoms with Crippen molar-refractivity contribution >= 4 is 12.0 Å². The molecule has 0 aliphatic heterocycles. The van der Waals surface area contributed by atoms with E-state index < -0.39 is 0 Å². The Bertz CT molecular complexity index is 545. The summed E-state index contributed by atoms with van der Waals surface area (Å²) in [5, 5.41) is 0. The minimum absolute atomic E-state index is 0.0390. The molecule has 0 aromatic heterocycles. The van der Waals surface area contributed by atoms with E-state index in [0.29, 0.717) is 17.5 Å². The summed E-state index contributed by atoms with van der Waals surface area (Å²) < 4.78 is 11.0. The number of hydrogen-bond donors (Lipinski definition) is 0. The van der Waals surface area contributed by atoms with E-state index in [1.54, 1.807) is 7.11 Å². The summed E-state index contributed by atoms with van der Waals surface area (Å²) in [7, 11) is 1.61. The van der Waals surface area contributed by atoms with Crippen LogP contribution in [0, 0.1) is 0 Å². The van der Waals surface area contributed by atoms with Gasteiger partial charge in [-0.2, -0.15) is 0 Å². The van der Waals surface area contributed by atoms with Gasteiger partial charge in [0.05, 0.1) is 7.11 Å². The fraction of sp³-hybridized carbons (Fsp3) is 0.500. The topological polar surface area (TPSA) is 38.8 Å². The van der Waals surface area contributed by atoms with E-state index >= 15 is 0 Å². The van der Waals surface area contributed by atoms with Crippen LogP contribution in [-0.2, 0) is 4.79 Å². The highest BCUT2D eigenvalue weighted by molar-refractivity contribution is 5.79. The summed E-state index contributed by atoms with van der Waals surface area (Å²) in [6.07, 6.45) is 6.16. The van der Waals surface area contributed by atoms with Gasteiger partial charge in [0.25, 0.3) is 5.91 Å². The first-order valence-electron chi connectivity index (χ1n) is 7.81. The number of nitrogens with zero attached hydrogens (tertiary/aromatic N) is 1. The number of carbonyl (C=O) groups excluding carboxylic acids is 1. The Morgan fingerprint density at radius 2 is 2.09 bits per heavy atom. The molecule has 1 fully saturated rings. The molecular formula is C18H25NO3. The van der Waals surface area contributed by atoms with Gasteiger partial charge in [0.15, 0.2) is 18.1 Å². The normalized spacial score (nSPS) is 14.4. The first-order chi connectivity index (χ1) is 10.6. The van der Waals surface area contributed by atoms with E-state index in [1.807, 2.05) is 56.0 Å². The largest absolute Gasteiger partial charge is 0.493 e. The maximum absolute atomic E-state index is 12.4. The molecule has 1 aromatic carbocycles. The summed E-state index contributed by atoms with van der Waals surface area (Å²) in [6, 6.07) is 6.31. The molecule has 1 amide bonds. The van der Waals surface area contributed by atoms with Crippen molar-refractivity contribution in [3.05, 3.63) is 29.8 Å². The van der Waals surface area contributed by atoms with Gasteiger partial charge < -0.3 is 14.4 Å². The highest BCUT2D eigenvalue weighted by Gasteiger charge is 2.34. The van der Waals surface area contributed by atoms with Crippen LogP contribution >= 0.6 is 0 Å². The first-order valence-corrected chi connectivity index (χ1v) is 7.81. The quantitative estimate of drug-likeness (QED) is 0.774. The lowest BCUT2D eigenvalue weighted by Crippen LogP contribution is -2.41. The highest BCUT2D eigenvalue weighted by atomic mass is 16.5. The van der Waals surface area contributed by atoms with Crippen molar-refractivity contribution in [2.24, 2.45) is 0 Å². The summed E-state index contributed by atoms with van der Waals surface area (Å²) >= 11 is 0. The highest BCUT2D eigenvalue weighted by Crippen LogP contribution is 2.30. The minimum atomic E-state index is 0.0390.